The molecule has 1 fully saturated rings. The molecule has 0 radical (unpaired) electrons. The van der Waals surface area contributed by atoms with Crippen LogP contribution in [0.3, 0.4) is 0 Å². The summed E-state index contributed by atoms with van der Waals surface area (Å²) < 4.78 is 1.61. The summed E-state index contributed by atoms with van der Waals surface area (Å²) >= 11 is 0.998. The van der Waals surface area contributed by atoms with Crippen molar-refractivity contribution in [3.8, 4) is 0 Å². The number of benzene rings is 1. The zero-order chi connectivity index (χ0) is 15.0. The molecule has 3 rings (SSSR count). The van der Waals surface area contributed by atoms with E-state index in [4.69, 9.17) is 5.11 Å². The van der Waals surface area contributed by atoms with Crippen LogP contribution in [0.25, 0.3) is 0 Å². The summed E-state index contributed by atoms with van der Waals surface area (Å²) in [5.74, 6) is -1.34. The number of tetrazole rings is 1. The Morgan fingerprint density at radius 2 is 2.24 bits per heavy atom. The highest BCUT2D eigenvalue weighted by atomic mass is 32.2. The number of para-hydroxylation sites is 1. The number of carboxylic acid groups (broad SMARTS) is 1. The van der Waals surface area contributed by atoms with Gasteiger partial charge < -0.3 is 5.11 Å². The zero-order valence-corrected chi connectivity index (χ0v) is 11.4. The third-order valence-electron chi connectivity index (χ3n) is 2.97. The second-order valence-corrected chi connectivity index (χ2v) is 5.46. The lowest BCUT2D eigenvalue weighted by molar-refractivity contribution is -0.388. The number of rotatable bonds is 5. The Morgan fingerprint density at radius 1 is 1.48 bits per heavy atom. The first-order valence-corrected chi connectivity index (χ1v) is 6.86. The monoisotopic (exact) mass is 307 g/mol. The van der Waals surface area contributed by atoms with Gasteiger partial charge in [0.2, 0.25) is 5.16 Å². The van der Waals surface area contributed by atoms with E-state index in [9.17, 15) is 14.9 Å². The van der Waals surface area contributed by atoms with Crippen molar-refractivity contribution in [1.29, 1.82) is 0 Å². The smallest absolute Gasteiger partial charge is 0.342 e. The largest absolute Gasteiger partial charge is 0.477 e. The molecule has 1 N–H and O–H groups in total. The molecule has 0 spiro atoms. The summed E-state index contributed by atoms with van der Waals surface area (Å²) in [6.45, 7) is 0. The van der Waals surface area contributed by atoms with Crippen molar-refractivity contribution < 1.29 is 14.8 Å². The van der Waals surface area contributed by atoms with Crippen molar-refractivity contribution >= 4 is 23.4 Å². The van der Waals surface area contributed by atoms with Crippen LogP contribution in [0.1, 0.15) is 29.2 Å². The minimum absolute atomic E-state index is 0.205. The number of hydrogen-bond donors (Lipinski definition) is 1. The molecule has 2 aromatic rings. The number of nitro groups is 1. The van der Waals surface area contributed by atoms with Crippen LogP contribution in [-0.4, -0.2) is 36.2 Å². The maximum absolute atomic E-state index is 11.2. The number of aromatic carboxylic acids is 1. The number of carboxylic acids is 1. The zero-order valence-electron chi connectivity index (χ0n) is 10.5. The maximum atomic E-state index is 11.2. The normalized spacial score (nSPS) is 14.1. The van der Waals surface area contributed by atoms with Crippen LogP contribution < -0.4 is 0 Å². The van der Waals surface area contributed by atoms with Gasteiger partial charge in [-0.2, -0.15) is 0 Å². The van der Waals surface area contributed by atoms with E-state index in [0.717, 1.165) is 24.6 Å². The van der Waals surface area contributed by atoms with Crippen molar-refractivity contribution in [1.82, 2.24) is 20.2 Å². The fourth-order valence-electron chi connectivity index (χ4n) is 1.86. The number of nitrogens with zero attached hydrogens (tertiary/aromatic N) is 5. The summed E-state index contributed by atoms with van der Waals surface area (Å²) in [6, 6.07) is 4.38. The minimum Gasteiger partial charge on any atom is -0.477 e. The average Bonchev–Trinajstić information content (AvgIpc) is 3.18. The molecule has 1 heterocycles. The van der Waals surface area contributed by atoms with E-state index in [1.807, 2.05) is 0 Å². The van der Waals surface area contributed by atoms with Gasteiger partial charge in [-0.3, -0.25) is 10.1 Å². The van der Waals surface area contributed by atoms with Crippen molar-refractivity contribution in [2.75, 3.05) is 0 Å². The topological polar surface area (TPSA) is 124 Å². The first-order valence-electron chi connectivity index (χ1n) is 6.04. The molecule has 9 nitrogen and oxygen atoms in total. The Kier molecular flexibility index (Phi) is 3.29. The van der Waals surface area contributed by atoms with Gasteiger partial charge in [0.05, 0.1) is 15.9 Å². The van der Waals surface area contributed by atoms with Crippen LogP contribution in [0.5, 0.6) is 0 Å². The summed E-state index contributed by atoms with van der Waals surface area (Å²) in [6.07, 6.45) is 1.94. The van der Waals surface area contributed by atoms with Crippen LogP contribution in [0.4, 0.5) is 5.69 Å². The SMILES string of the molecule is O=C(O)c1cccc(Sc2nnnn2C2CC2)c1[N+](=O)[O-]. The third kappa shape index (κ3) is 2.57. The van der Waals surface area contributed by atoms with Gasteiger partial charge in [0.15, 0.2) is 0 Å². The van der Waals surface area contributed by atoms with E-state index in [1.54, 1.807) is 4.68 Å². The van der Waals surface area contributed by atoms with E-state index < -0.39 is 16.6 Å². The summed E-state index contributed by atoms with van der Waals surface area (Å²) in [7, 11) is 0. The molecule has 1 aliphatic rings. The lowest BCUT2D eigenvalue weighted by Gasteiger charge is -2.05. The molecule has 0 amide bonds. The lowest BCUT2D eigenvalue weighted by atomic mass is 10.2. The molecule has 108 valence electrons. The van der Waals surface area contributed by atoms with Crippen LogP contribution >= 0.6 is 11.8 Å². The van der Waals surface area contributed by atoms with E-state index >= 15 is 0 Å². The Hall–Kier alpha value is -2.49. The van der Waals surface area contributed by atoms with Crippen LogP contribution in [0.2, 0.25) is 0 Å². The lowest BCUT2D eigenvalue weighted by Crippen LogP contribution is -2.04. The predicted molar refractivity (Wildman–Crippen MR) is 70.3 cm³/mol. The Labute approximate surface area is 122 Å². The molecule has 0 unspecified atom stereocenters. The highest BCUT2D eigenvalue weighted by Gasteiger charge is 2.30. The molecule has 1 aromatic heterocycles. The molecule has 0 saturated heterocycles. The number of nitro benzene ring substituents is 1. The van der Waals surface area contributed by atoms with Crippen molar-refractivity contribution in [2.24, 2.45) is 0 Å². The van der Waals surface area contributed by atoms with E-state index in [2.05, 4.69) is 15.5 Å². The third-order valence-corrected chi connectivity index (χ3v) is 3.97. The quantitative estimate of drug-likeness (QED) is 0.654. The number of aromatic nitrogens is 4. The molecular weight excluding hydrogens is 298 g/mol. The molecule has 10 heteroatoms. The molecule has 0 aliphatic heterocycles. The van der Waals surface area contributed by atoms with Crippen LogP contribution in [0.15, 0.2) is 28.3 Å². The first kappa shape index (κ1) is 13.5. The molecule has 1 saturated carbocycles. The summed E-state index contributed by atoms with van der Waals surface area (Å²) in [5, 5.41) is 31.9. The number of carbonyl (C=O) groups is 1. The maximum Gasteiger partial charge on any atom is 0.342 e. The molecule has 1 aliphatic carbocycles. The second kappa shape index (κ2) is 5.13. The second-order valence-electron chi connectivity index (χ2n) is 4.45. The van der Waals surface area contributed by atoms with Gasteiger partial charge in [-0.05, 0) is 47.2 Å². The van der Waals surface area contributed by atoms with Crippen molar-refractivity contribution in [3.63, 3.8) is 0 Å². The van der Waals surface area contributed by atoms with E-state index in [0.29, 0.717) is 5.16 Å². The first-order chi connectivity index (χ1) is 10.1. The van der Waals surface area contributed by atoms with Crippen molar-refractivity contribution in [3.05, 3.63) is 33.9 Å². The van der Waals surface area contributed by atoms with Gasteiger partial charge in [0.1, 0.15) is 5.56 Å². The summed E-state index contributed by atoms with van der Waals surface area (Å²) in [5.41, 5.74) is -0.796. The molecule has 1 aromatic carbocycles. The van der Waals surface area contributed by atoms with E-state index in [-0.39, 0.29) is 16.5 Å². The van der Waals surface area contributed by atoms with Gasteiger partial charge in [0, 0.05) is 0 Å². The standard InChI is InChI=1S/C11H9N5O4S/c17-10(18)7-2-1-3-8(9(7)16(19)20)21-11-12-13-14-15(11)6-4-5-6/h1-3,6H,4-5H2,(H,17,18). The Bertz CT molecular complexity index is 727. The van der Waals surface area contributed by atoms with Gasteiger partial charge >= 0.3 is 5.97 Å². The highest BCUT2D eigenvalue weighted by molar-refractivity contribution is 7.99. The predicted octanol–water partition coefficient (Wildman–Crippen LogP) is 1.77. The molecule has 21 heavy (non-hydrogen) atoms. The number of hydrogen-bond acceptors (Lipinski definition) is 7. The van der Waals surface area contributed by atoms with Crippen molar-refractivity contribution in [2.45, 2.75) is 28.9 Å². The fourth-order valence-corrected chi connectivity index (χ4v) is 2.85. The Balaban J connectivity index is 2.01. The van der Waals surface area contributed by atoms with E-state index in [1.165, 1.54) is 18.2 Å². The van der Waals surface area contributed by atoms with Gasteiger partial charge in [-0.1, -0.05) is 6.07 Å². The van der Waals surface area contributed by atoms with Crippen LogP contribution in [-0.2, 0) is 0 Å². The summed E-state index contributed by atoms with van der Waals surface area (Å²) in [4.78, 5) is 21.8. The Morgan fingerprint density at radius 3 is 2.86 bits per heavy atom. The van der Waals surface area contributed by atoms with Gasteiger partial charge in [-0.15, -0.1) is 5.10 Å². The average molecular weight is 307 g/mol. The fraction of sp³-hybridized carbons (Fsp3) is 0.273. The van der Waals surface area contributed by atoms with Crippen LogP contribution in [0, 0.1) is 10.1 Å². The highest BCUT2D eigenvalue weighted by Crippen LogP contribution is 2.40. The molecular formula is C11H9N5O4S. The molecule has 0 bridgehead atoms. The van der Waals surface area contributed by atoms with Gasteiger partial charge in [-0.25, -0.2) is 9.48 Å². The minimum atomic E-state index is -1.34. The molecule has 0 atom stereocenters. The van der Waals surface area contributed by atoms with Gasteiger partial charge in [0.25, 0.3) is 5.69 Å².